The van der Waals surface area contributed by atoms with Gasteiger partial charge in [0.2, 0.25) is 5.88 Å². The Morgan fingerprint density at radius 3 is 2.69 bits per heavy atom. The van der Waals surface area contributed by atoms with E-state index in [9.17, 15) is 13.2 Å². The second-order valence-electron chi connectivity index (χ2n) is 5.79. The van der Waals surface area contributed by atoms with Crippen LogP contribution in [-0.2, 0) is 19.8 Å². The van der Waals surface area contributed by atoms with Crippen molar-refractivity contribution in [3.8, 4) is 5.88 Å². The quantitative estimate of drug-likeness (QED) is 0.555. The van der Waals surface area contributed by atoms with Crippen LogP contribution >= 0.6 is 0 Å². The summed E-state index contributed by atoms with van der Waals surface area (Å²) in [6, 6.07) is 5.99. The molecule has 0 bridgehead atoms. The van der Waals surface area contributed by atoms with Gasteiger partial charge < -0.3 is 4.74 Å². The number of rotatable bonds is 3. The summed E-state index contributed by atoms with van der Waals surface area (Å²) in [5.74, 6) is -0.133. The van der Waals surface area contributed by atoms with Crippen LogP contribution in [0.4, 0.5) is 13.2 Å². The van der Waals surface area contributed by atoms with E-state index in [0.717, 1.165) is 6.07 Å². The highest BCUT2D eigenvalue weighted by Crippen LogP contribution is 2.37. The van der Waals surface area contributed by atoms with E-state index in [0.29, 0.717) is 16.6 Å². The molecular formula is C16H12F3N5O2. The van der Waals surface area contributed by atoms with Crippen LogP contribution in [0.1, 0.15) is 16.8 Å². The van der Waals surface area contributed by atoms with Crippen LogP contribution in [0.5, 0.6) is 5.88 Å². The third-order valence-electron chi connectivity index (χ3n) is 3.96. The first-order chi connectivity index (χ1) is 12.3. The summed E-state index contributed by atoms with van der Waals surface area (Å²) in [5.41, 5.74) is 1.37. The molecule has 0 unspecified atom stereocenters. The topological polar surface area (TPSA) is 78.9 Å². The van der Waals surface area contributed by atoms with Gasteiger partial charge in [-0.15, -0.1) is 0 Å². The first-order valence-electron chi connectivity index (χ1n) is 7.58. The Balaban J connectivity index is 1.70. The molecule has 0 N–H and O–H groups in total. The molecule has 0 saturated carbocycles. The zero-order chi connectivity index (χ0) is 18.5. The number of aryl methyl sites for hydroxylation is 2. The van der Waals surface area contributed by atoms with Gasteiger partial charge in [0.1, 0.15) is 17.6 Å². The number of hydrogen-bond donors (Lipinski definition) is 0. The molecule has 26 heavy (non-hydrogen) atoms. The van der Waals surface area contributed by atoms with Crippen LogP contribution in [0.2, 0.25) is 0 Å². The van der Waals surface area contributed by atoms with Gasteiger partial charge in [0, 0.05) is 13.1 Å². The molecule has 0 atom stereocenters. The summed E-state index contributed by atoms with van der Waals surface area (Å²) >= 11 is 0. The number of nitrogens with zero attached hydrogens (tertiary/aromatic N) is 5. The molecule has 0 spiro atoms. The Morgan fingerprint density at radius 2 is 1.92 bits per heavy atom. The minimum absolute atomic E-state index is 0.0233. The van der Waals surface area contributed by atoms with Crippen LogP contribution in [0.3, 0.4) is 0 Å². The standard InChI is InChI=1S/C16H12F3N5O2/c1-8-14-10(16(17,18)19)6-13(20-15(14)24(2)21-8)25-7-9-3-4-11-12(5-9)23-26-22-11/h3-6H,7H2,1-2H3. The maximum atomic E-state index is 13.4. The number of hydrogen-bond acceptors (Lipinski definition) is 6. The predicted molar refractivity (Wildman–Crippen MR) is 84.4 cm³/mol. The van der Waals surface area contributed by atoms with E-state index >= 15 is 0 Å². The summed E-state index contributed by atoms with van der Waals surface area (Å²) in [6.07, 6.45) is -4.54. The Morgan fingerprint density at radius 1 is 1.15 bits per heavy atom. The zero-order valence-electron chi connectivity index (χ0n) is 13.7. The van der Waals surface area contributed by atoms with E-state index in [1.54, 1.807) is 18.2 Å². The molecule has 1 aromatic carbocycles. The number of halogens is 3. The molecule has 0 radical (unpaired) electrons. The van der Waals surface area contributed by atoms with Gasteiger partial charge in [-0.2, -0.15) is 23.3 Å². The third kappa shape index (κ3) is 2.72. The largest absolute Gasteiger partial charge is 0.473 e. The van der Waals surface area contributed by atoms with Crippen molar-refractivity contribution in [1.82, 2.24) is 25.1 Å². The maximum absolute atomic E-state index is 13.4. The number of benzene rings is 1. The van der Waals surface area contributed by atoms with Gasteiger partial charge in [-0.1, -0.05) is 6.07 Å². The van der Waals surface area contributed by atoms with Crippen molar-refractivity contribution in [3.63, 3.8) is 0 Å². The van der Waals surface area contributed by atoms with E-state index in [2.05, 4.69) is 25.0 Å². The number of ether oxygens (including phenoxy) is 1. The molecule has 4 aromatic rings. The lowest BCUT2D eigenvalue weighted by Gasteiger charge is -2.12. The molecule has 0 amide bonds. The number of alkyl halides is 3. The van der Waals surface area contributed by atoms with Crippen LogP contribution in [0.25, 0.3) is 22.1 Å². The molecule has 0 aliphatic carbocycles. The molecule has 0 saturated heterocycles. The fraction of sp³-hybridized carbons (Fsp3) is 0.250. The van der Waals surface area contributed by atoms with Gasteiger partial charge >= 0.3 is 6.18 Å². The first-order valence-corrected chi connectivity index (χ1v) is 7.58. The van der Waals surface area contributed by atoms with Gasteiger partial charge in [0.05, 0.1) is 16.6 Å². The average Bonchev–Trinajstić information content (AvgIpc) is 3.16. The maximum Gasteiger partial charge on any atom is 0.417 e. The number of fused-ring (bicyclic) bond motifs is 2. The Labute approximate surface area is 144 Å². The molecule has 134 valence electrons. The number of pyridine rings is 1. The second kappa shape index (κ2) is 5.68. The van der Waals surface area contributed by atoms with Crippen molar-refractivity contribution >= 4 is 22.1 Å². The third-order valence-corrected chi connectivity index (χ3v) is 3.96. The highest BCUT2D eigenvalue weighted by atomic mass is 19.4. The summed E-state index contributed by atoms with van der Waals surface area (Å²) in [4.78, 5) is 4.17. The van der Waals surface area contributed by atoms with E-state index < -0.39 is 11.7 Å². The predicted octanol–water partition coefficient (Wildman–Crippen LogP) is 3.41. The number of aromatic nitrogens is 5. The van der Waals surface area contributed by atoms with Crippen LogP contribution in [-0.4, -0.2) is 25.1 Å². The molecule has 3 aromatic heterocycles. The van der Waals surface area contributed by atoms with Gasteiger partial charge in [-0.25, -0.2) is 4.63 Å². The van der Waals surface area contributed by atoms with Gasteiger partial charge in [0.25, 0.3) is 0 Å². The fourth-order valence-corrected chi connectivity index (χ4v) is 2.79. The molecular weight excluding hydrogens is 351 g/mol. The normalized spacial score (nSPS) is 12.2. The average molecular weight is 363 g/mol. The van der Waals surface area contributed by atoms with Gasteiger partial charge in [-0.3, -0.25) is 4.68 Å². The highest BCUT2D eigenvalue weighted by molar-refractivity contribution is 5.83. The van der Waals surface area contributed by atoms with E-state index in [4.69, 9.17) is 4.74 Å². The van der Waals surface area contributed by atoms with Gasteiger partial charge in [0.15, 0.2) is 5.65 Å². The molecule has 7 nitrogen and oxygen atoms in total. The second-order valence-corrected chi connectivity index (χ2v) is 5.79. The van der Waals surface area contributed by atoms with Crippen molar-refractivity contribution in [2.24, 2.45) is 7.05 Å². The highest BCUT2D eigenvalue weighted by Gasteiger charge is 2.35. The lowest BCUT2D eigenvalue weighted by Crippen LogP contribution is -2.08. The van der Waals surface area contributed by atoms with Crippen molar-refractivity contribution in [2.75, 3.05) is 0 Å². The summed E-state index contributed by atoms with van der Waals surface area (Å²) in [6.45, 7) is 1.54. The van der Waals surface area contributed by atoms with Crippen molar-refractivity contribution < 1.29 is 22.5 Å². The first kappa shape index (κ1) is 16.3. The smallest absolute Gasteiger partial charge is 0.417 e. The van der Waals surface area contributed by atoms with Crippen molar-refractivity contribution in [1.29, 1.82) is 0 Å². The molecule has 0 fully saturated rings. The van der Waals surface area contributed by atoms with Gasteiger partial charge in [-0.05, 0) is 34.9 Å². The molecule has 3 heterocycles. The minimum atomic E-state index is -4.54. The van der Waals surface area contributed by atoms with Crippen molar-refractivity contribution in [2.45, 2.75) is 19.7 Å². The minimum Gasteiger partial charge on any atom is -0.473 e. The summed E-state index contributed by atoms with van der Waals surface area (Å²) in [5, 5.41) is 11.4. The summed E-state index contributed by atoms with van der Waals surface area (Å²) in [7, 11) is 1.54. The Hall–Kier alpha value is -3.17. The zero-order valence-corrected chi connectivity index (χ0v) is 13.7. The van der Waals surface area contributed by atoms with Crippen LogP contribution < -0.4 is 4.74 Å². The molecule has 0 aliphatic heterocycles. The molecule has 10 heteroatoms. The van der Waals surface area contributed by atoms with E-state index in [-0.39, 0.29) is 29.2 Å². The summed E-state index contributed by atoms with van der Waals surface area (Å²) < 4.78 is 51.7. The lowest BCUT2D eigenvalue weighted by molar-refractivity contribution is -0.136. The van der Waals surface area contributed by atoms with Crippen LogP contribution in [0.15, 0.2) is 28.9 Å². The van der Waals surface area contributed by atoms with Crippen LogP contribution in [0, 0.1) is 6.92 Å². The molecule has 0 aliphatic rings. The van der Waals surface area contributed by atoms with E-state index in [1.807, 2.05) is 0 Å². The fourth-order valence-electron chi connectivity index (χ4n) is 2.79. The molecule has 4 rings (SSSR count). The van der Waals surface area contributed by atoms with Crippen molar-refractivity contribution in [3.05, 3.63) is 41.1 Å². The lowest BCUT2D eigenvalue weighted by atomic mass is 10.1. The SMILES string of the molecule is Cc1nn(C)c2nc(OCc3ccc4nonc4c3)cc(C(F)(F)F)c12. The Bertz CT molecular complexity index is 1120. The van der Waals surface area contributed by atoms with E-state index in [1.165, 1.54) is 18.7 Å². The monoisotopic (exact) mass is 363 g/mol. The Kier molecular flexibility index (Phi) is 3.56.